The van der Waals surface area contributed by atoms with Crippen LogP contribution in [0.2, 0.25) is 0 Å². The second-order valence-electron chi connectivity index (χ2n) is 3.60. The Hall–Kier alpha value is -1.21. The van der Waals surface area contributed by atoms with Gasteiger partial charge < -0.3 is 5.32 Å². The second kappa shape index (κ2) is 5.92. The van der Waals surface area contributed by atoms with E-state index < -0.39 is 10.0 Å². The Bertz CT molecular complexity index is 444. The molecular weight excluding hydrogens is 240 g/mol. The van der Waals surface area contributed by atoms with Gasteiger partial charge in [0.05, 0.1) is 12.4 Å². The van der Waals surface area contributed by atoms with Gasteiger partial charge >= 0.3 is 0 Å². The topological polar surface area (TPSA) is 75.2 Å². The van der Waals surface area contributed by atoms with Crippen molar-refractivity contribution in [1.29, 1.82) is 0 Å². The van der Waals surface area contributed by atoms with Gasteiger partial charge in [0, 0.05) is 20.1 Å². The molecule has 0 aliphatic heterocycles. The summed E-state index contributed by atoms with van der Waals surface area (Å²) in [5, 5.41) is 2.91. The first-order chi connectivity index (χ1) is 8.02. The zero-order valence-electron chi connectivity index (χ0n) is 10.3. The Morgan fingerprint density at radius 1 is 1.29 bits per heavy atom. The van der Waals surface area contributed by atoms with Gasteiger partial charge in [-0.1, -0.05) is 6.92 Å². The average molecular weight is 258 g/mol. The summed E-state index contributed by atoms with van der Waals surface area (Å²) in [5.41, 5.74) is 0. The molecule has 0 atom stereocenters. The van der Waals surface area contributed by atoms with Gasteiger partial charge in [0.2, 0.25) is 16.0 Å². The maximum Gasteiger partial charge on any atom is 0.245 e. The van der Waals surface area contributed by atoms with Gasteiger partial charge in [0.25, 0.3) is 0 Å². The zero-order chi connectivity index (χ0) is 12.9. The lowest BCUT2D eigenvalue weighted by molar-refractivity contribution is 0.468. The summed E-state index contributed by atoms with van der Waals surface area (Å²) in [6.45, 7) is 5.03. The highest BCUT2D eigenvalue weighted by atomic mass is 32.2. The summed E-state index contributed by atoms with van der Waals surface area (Å²) in [6, 6.07) is 0. The molecule has 0 aromatic carbocycles. The summed E-state index contributed by atoms with van der Waals surface area (Å²) in [7, 11) is -1.90. The fourth-order valence-corrected chi connectivity index (χ4v) is 2.47. The van der Waals surface area contributed by atoms with Crippen molar-refractivity contribution in [3.05, 3.63) is 12.4 Å². The zero-order valence-corrected chi connectivity index (χ0v) is 11.2. The molecule has 0 amide bonds. The van der Waals surface area contributed by atoms with E-state index in [2.05, 4.69) is 15.3 Å². The predicted octanol–water partition coefficient (Wildman–Crippen LogP) is 0.939. The minimum atomic E-state index is -3.45. The Labute approximate surface area is 102 Å². The molecule has 0 spiro atoms. The Kier molecular flexibility index (Phi) is 4.83. The lowest BCUT2D eigenvalue weighted by atomic mass is 10.5. The van der Waals surface area contributed by atoms with Crippen LogP contribution in [0.3, 0.4) is 0 Å². The van der Waals surface area contributed by atoms with Crippen molar-refractivity contribution in [1.82, 2.24) is 14.3 Å². The molecule has 1 N–H and O–H groups in total. The normalized spacial score (nSPS) is 11.8. The van der Waals surface area contributed by atoms with Gasteiger partial charge in [-0.15, -0.1) is 0 Å². The third-order valence-electron chi connectivity index (χ3n) is 2.21. The largest absolute Gasteiger partial charge is 0.355 e. The lowest BCUT2D eigenvalue weighted by Gasteiger charge is -2.15. The van der Waals surface area contributed by atoms with Crippen molar-refractivity contribution in [3.8, 4) is 0 Å². The van der Waals surface area contributed by atoms with Gasteiger partial charge in [0.15, 0.2) is 0 Å². The third-order valence-corrected chi connectivity index (χ3v) is 4.02. The van der Waals surface area contributed by atoms with Crippen LogP contribution in [0.15, 0.2) is 17.3 Å². The Balaban J connectivity index is 2.92. The molecule has 1 aromatic heterocycles. The van der Waals surface area contributed by atoms with E-state index >= 15 is 0 Å². The number of aromatic nitrogens is 2. The number of nitrogens with zero attached hydrogens (tertiary/aromatic N) is 3. The molecule has 0 aliphatic rings. The molecule has 96 valence electrons. The van der Waals surface area contributed by atoms with Crippen LogP contribution in [-0.2, 0) is 10.0 Å². The minimum Gasteiger partial charge on any atom is -0.355 e. The first kappa shape index (κ1) is 13.9. The maximum atomic E-state index is 12.0. The van der Waals surface area contributed by atoms with Crippen LogP contribution in [0.5, 0.6) is 0 Å². The van der Waals surface area contributed by atoms with E-state index in [1.54, 1.807) is 7.05 Å². The number of sulfonamides is 1. The Morgan fingerprint density at radius 3 is 2.35 bits per heavy atom. The van der Waals surface area contributed by atoms with E-state index in [0.717, 1.165) is 6.42 Å². The van der Waals surface area contributed by atoms with E-state index in [4.69, 9.17) is 0 Å². The standard InChI is InChI=1S/C10H18N4O2S/c1-4-6-14(3)17(15,16)9-7-12-10(11-5-2)13-8-9/h7-8H,4-6H2,1-3H3,(H,11,12,13). The molecule has 1 rings (SSSR count). The Morgan fingerprint density at radius 2 is 1.88 bits per heavy atom. The van der Waals surface area contributed by atoms with Crippen LogP contribution >= 0.6 is 0 Å². The molecule has 6 nitrogen and oxygen atoms in total. The third kappa shape index (κ3) is 3.37. The van der Waals surface area contributed by atoms with Crippen molar-refractivity contribution >= 4 is 16.0 Å². The minimum absolute atomic E-state index is 0.120. The summed E-state index contributed by atoms with van der Waals surface area (Å²) >= 11 is 0. The van der Waals surface area contributed by atoms with Crippen LogP contribution in [0, 0.1) is 0 Å². The van der Waals surface area contributed by atoms with Gasteiger partial charge in [-0.05, 0) is 13.3 Å². The molecular formula is C10H18N4O2S. The van der Waals surface area contributed by atoms with Crippen molar-refractivity contribution < 1.29 is 8.42 Å². The lowest BCUT2D eigenvalue weighted by Crippen LogP contribution is -2.27. The molecule has 0 bridgehead atoms. The number of nitrogens with one attached hydrogen (secondary N) is 1. The maximum absolute atomic E-state index is 12.0. The summed E-state index contributed by atoms with van der Waals surface area (Å²) < 4.78 is 25.3. The molecule has 0 saturated heterocycles. The van der Waals surface area contributed by atoms with E-state index in [9.17, 15) is 8.42 Å². The summed E-state index contributed by atoms with van der Waals surface area (Å²) in [6.07, 6.45) is 3.42. The fraction of sp³-hybridized carbons (Fsp3) is 0.600. The highest BCUT2D eigenvalue weighted by molar-refractivity contribution is 7.89. The van der Waals surface area contributed by atoms with Crippen molar-refractivity contribution in [2.75, 3.05) is 25.5 Å². The SMILES string of the molecule is CCCN(C)S(=O)(=O)c1cnc(NCC)nc1. The fourth-order valence-electron chi connectivity index (χ4n) is 1.31. The van der Waals surface area contributed by atoms with Crippen LogP contribution in [0.25, 0.3) is 0 Å². The van der Waals surface area contributed by atoms with Crippen molar-refractivity contribution in [2.24, 2.45) is 0 Å². The van der Waals surface area contributed by atoms with Crippen molar-refractivity contribution in [3.63, 3.8) is 0 Å². The van der Waals surface area contributed by atoms with E-state index in [0.29, 0.717) is 19.0 Å². The monoisotopic (exact) mass is 258 g/mol. The summed E-state index contributed by atoms with van der Waals surface area (Å²) in [4.78, 5) is 8.02. The number of hydrogen-bond donors (Lipinski definition) is 1. The quantitative estimate of drug-likeness (QED) is 0.822. The van der Waals surface area contributed by atoms with Gasteiger partial charge in [-0.3, -0.25) is 0 Å². The molecule has 0 fully saturated rings. The molecule has 7 heteroatoms. The van der Waals surface area contributed by atoms with Gasteiger partial charge in [-0.2, -0.15) is 0 Å². The number of anilines is 1. The molecule has 17 heavy (non-hydrogen) atoms. The number of rotatable bonds is 6. The van der Waals surface area contributed by atoms with E-state index in [1.807, 2.05) is 13.8 Å². The molecule has 1 aromatic rings. The summed E-state index contributed by atoms with van der Waals surface area (Å²) in [5.74, 6) is 0.435. The molecule has 0 unspecified atom stereocenters. The molecule has 1 heterocycles. The second-order valence-corrected chi connectivity index (χ2v) is 5.64. The van der Waals surface area contributed by atoms with Crippen LogP contribution in [-0.4, -0.2) is 42.8 Å². The predicted molar refractivity (Wildman–Crippen MR) is 66.3 cm³/mol. The van der Waals surface area contributed by atoms with Gasteiger partial charge in [0.1, 0.15) is 4.90 Å². The van der Waals surface area contributed by atoms with Crippen LogP contribution in [0.4, 0.5) is 5.95 Å². The average Bonchev–Trinajstić information content (AvgIpc) is 2.30. The molecule has 0 aliphatic carbocycles. The smallest absolute Gasteiger partial charge is 0.245 e. The van der Waals surface area contributed by atoms with E-state index in [-0.39, 0.29) is 4.90 Å². The molecule has 0 radical (unpaired) electrons. The van der Waals surface area contributed by atoms with Crippen LogP contribution < -0.4 is 5.32 Å². The van der Waals surface area contributed by atoms with E-state index in [1.165, 1.54) is 16.7 Å². The molecule has 0 saturated carbocycles. The number of hydrogen-bond acceptors (Lipinski definition) is 5. The first-order valence-corrected chi connectivity index (χ1v) is 6.98. The highest BCUT2D eigenvalue weighted by Gasteiger charge is 2.20. The van der Waals surface area contributed by atoms with Crippen molar-refractivity contribution in [2.45, 2.75) is 25.2 Å². The first-order valence-electron chi connectivity index (χ1n) is 5.54. The van der Waals surface area contributed by atoms with Gasteiger partial charge in [-0.25, -0.2) is 22.7 Å². The highest BCUT2D eigenvalue weighted by Crippen LogP contribution is 2.13. The van der Waals surface area contributed by atoms with Crippen LogP contribution in [0.1, 0.15) is 20.3 Å².